The van der Waals surface area contributed by atoms with Gasteiger partial charge in [-0.25, -0.2) is 14.8 Å². The highest BCUT2D eigenvalue weighted by atomic mass is 32.2. The van der Waals surface area contributed by atoms with E-state index in [9.17, 15) is 14.4 Å². The van der Waals surface area contributed by atoms with Crippen LogP contribution in [-0.4, -0.2) is 46.7 Å². The molecule has 0 fully saturated rings. The molecule has 0 aliphatic carbocycles. The molecule has 0 saturated heterocycles. The maximum Gasteiger partial charge on any atom is 0.341 e. The number of carbonyl (C=O) groups is 3. The van der Waals surface area contributed by atoms with Crippen molar-refractivity contribution in [2.45, 2.75) is 46.2 Å². The fraction of sp³-hybridized carbons (Fsp3) is 0.562. The zero-order chi connectivity index (χ0) is 18.5. The zero-order valence-electron chi connectivity index (χ0n) is 14.7. The van der Waals surface area contributed by atoms with E-state index >= 15 is 0 Å². The first-order valence-corrected chi connectivity index (χ1v) is 8.62. The summed E-state index contributed by atoms with van der Waals surface area (Å²) in [5.41, 5.74) is 1.11. The second-order valence-corrected chi connectivity index (χ2v) is 5.72. The van der Waals surface area contributed by atoms with Gasteiger partial charge in [0.25, 0.3) is 0 Å². The summed E-state index contributed by atoms with van der Waals surface area (Å²) in [6.45, 7) is 9.36. The van der Waals surface area contributed by atoms with E-state index in [1.807, 2.05) is 6.92 Å². The number of ether oxygens (including phenoxy) is 2. The molecule has 8 heteroatoms. The van der Waals surface area contributed by atoms with Crippen LogP contribution in [0, 0.1) is 6.92 Å². The molecule has 0 aliphatic rings. The summed E-state index contributed by atoms with van der Waals surface area (Å²) in [7, 11) is 0. The number of aryl methyl sites for hydroxylation is 1. The maximum absolute atomic E-state index is 11.4. The molecule has 1 aromatic rings. The van der Waals surface area contributed by atoms with E-state index in [2.05, 4.69) is 14.7 Å². The minimum absolute atomic E-state index is 0.103. The maximum atomic E-state index is 11.4. The first kappa shape index (κ1) is 22.0. The van der Waals surface area contributed by atoms with E-state index in [1.165, 1.54) is 13.1 Å². The second-order valence-electron chi connectivity index (χ2n) is 4.49. The summed E-state index contributed by atoms with van der Waals surface area (Å²) in [5, 5.41) is 0.697. The van der Waals surface area contributed by atoms with Gasteiger partial charge in [-0.1, -0.05) is 18.7 Å². The first-order chi connectivity index (χ1) is 11.3. The lowest BCUT2D eigenvalue weighted by atomic mass is 10.2. The van der Waals surface area contributed by atoms with Crippen LogP contribution >= 0.6 is 11.8 Å². The Balaban J connectivity index is 0.000000506. The number of hydrogen-bond acceptors (Lipinski definition) is 8. The topological polar surface area (TPSA) is 95.5 Å². The standard InChI is InChI=1S/C10H14N2O2S.C6H10O3/c1-4-14-9(13)8-6-11-10(15-5-2)12-7(8)3;1-3-9-6(8)4-5(2)7/h6H,4-5H2,1-3H3;3-4H2,1-2H3. The number of nitrogens with zero attached hydrogens (tertiary/aromatic N) is 2. The first-order valence-electron chi connectivity index (χ1n) is 7.64. The van der Waals surface area contributed by atoms with Gasteiger partial charge in [0.15, 0.2) is 5.16 Å². The van der Waals surface area contributed by atoms with Crippen molar-refractivity contribution in [2.24, 2.45) is 0 Å². The van der Waals surface area contributed by atoms with E-state index in [0.29, 0.717) is 29.6 Å². The lowest BCUT2D eigenvalue weighted by Crippen LogP contribution is -2.09. The van der Waals surface area contributed by atoms with Gasteiger partial charge in [0.2, 0.25) is 0 Å². The van der Waals surface area contributed by atoms with Crippen molar-refractivity contribution in [3.8, 4) is 0 Å². The average Bonchev–Trinajstić information content (AvgIpc) is 2.48. The molecule has 0 saturated carbocycles. The van der Waals surface area contributed by atoms with Gasteiger partial charge in [0.1, 0.15) is 12.2 Å². The summed E-state index contributed by atoms with van der Waals surface area (Å²) in [5.74, 6) is -0.0421. The van der Waals surface area contributed by atoms with Crippen molar-refractivity contribution in [3.63, 3.8) is 0 Å². The Morgan fingerprint density at radius 2 is 1.75 bits per heavy atom. The molecule has 1 rings (SSSR count). The van der Waals surface area contributed by atoms with Crippen LogP contribution in [0.25, 0.3) is 0 Å². The molecule has 0 amide bonds. The normalized spacial score (nSPS) is 9.54. The molecule has 0 spiro atoms. The van der Waals surface area contributed by atoms with Gasteiger partial charge in [-0.15, -0.1) is 0 Å². The van der Waals surface area contributed by atoms with Gasteiger partial charge < -0.3 is 9.47 Å². The highest BCUT2D eigenvalue weighted by molar-refractivity contribution is 7.99. The molecule has 0 aliphatic heterocycles. The Morgan fingerprint density at radius 3 is 2.21 bits per heavy atom. The SMILES string of the molecule is CCOC(=O)CC(C)=O.CCOC(=O)c1cnc(SCC)nc1C. The van der Waals surface area contributed by atoms with Crippen molar-refractivity contribution in [1.29, 1.82) is 0 Å². The highest BCUT2D eigenvalue weighted by Crippen LogP contribution is 2.14. The minimum Gasteiger partial charge on any atom is -0.466 e. The molecular formula is C16H24N2O5S. The number of esters is 2. The zero-order valence-corrected chi connectivity index (χ0v) is 15.6. The van der Waals surface area contributed by atoms with Crippen LogP contribution in [0.4, 0.5) is 0 Å². The van der Waals surface area contributed by atoms with E-state index in [0.717, 1.165) is 5.75 Å². The lowest BCUT2D eigenvalue weighted by molar-refractivity contribution is -0.145. The molecule has 24 heavy (non-hydrogen) atoms. The summed E-state index contributed by atoms with van der Waals surface area (Å²) < 4.78 is 9.38. The molecule has 0 unspecified atom stereocenters. The van der Waals surface area contributed by atoms with Gasteiger partial charge in [0.05, 0.1) is 24.5 Å². The van der Waals surface area contributed by atoms with Gasteiger partial charge >= 0.3 is 11.9 Å². The third-order valence-corrected chi connectivity index (χ3v) is 3.17. The van der Waals surface area contributed by atoms with E-state index in [1.54, 1.807) is 32.5 Å². The number of ketones is 1. The van der Waals surface area contributed by atoms with Crippen LogP contribution in [-0.2, 0) is 19.1 Å². The Hall–Kier alpha value is -1.96. The van der Waals surface area contributed by atoms with Crippen LogP contribution < -0.4 is 0 Å². The van der Waals surface area contributed by atoms with Crippen molar-refractivity contribution >= 4 is 29.5 Å². The van der Waals surface area contributed by atoms with Crippen LogP contribution in [0.3, 0.4) is 0 Å². The van der Waals surface area contributed by atoms with Crippen LogP contribution in [0.5, 0.6) is 0 Å². The average molecular weight is 356 g/mol. The van der Waals surface area contributed by atoms with Gasteiger partial charge in [-0.2, -0.15) is 0 Å². The fourth-order valence-electron chi connectivity index (χ4n) is 1.47. The molecule has 0 bridgehead atoms. The molecular weight excluding hydrogens is 332 g/mol. The molecule has 1 aromatic heterocycles. The lowest BCUT2D eigenvalue weighted by Gasteiger charge is -2.05. The van der Waals surface area contributed by atoms with E-state index < -0.39 is 5.97 Å². The minimum atomic E-state index is -0.440. The number of carbonyl (C=O) groups excluding carboxylic acids is 3. The number of Topliss-reactive ketones (excluding diaryl/α,β-unsaturated/α-hetero) is 1. The largest absolute Gasteiger partial charge is 0.466 e. The molecule has 1 heterocycles. The number of thioether (sulfide) groups is 1. The summed E-state index contributed by atoms with van der Waals surface area (Å²) in [6.07, 6.45) is 1.42. The van der Waals surface area contributed by atoms with Gasteiger partial charge in [-0.05, 0) is 33.4 Å². The Morgan fingerprint density at radius 1 is 1.12 bits per heavy atom. The Labute approximate surface area is 146 Å². The third-order valence-electron chi connectivity index (χ3n) is 2.42. The van der Waals surface area contributed by atoms with Crippen molar-refractivity contribution in [1.82, 2.24) is 9.97 Å². The van der Waals surface area contributed by atoms with Crippen LogP contribution in [0.2, 0.25) is 0 Å². The number of aromatic nitrogens is 2. The van der Waals surface area contributed by atoms with Gasteiger partial charge in [0, 0.05) is 6.20 Å². The highest BCUT2D eigenvalue weighted by Gasteiger charge is 2.12. The second kappa shape index (κ2) is 12.5. The molecule has 134 valence electrons. The quantitative estimate of drug-likeness (QED) is 0.318. The van der Waals surface area contributed by atoms with E-state index in [-0.39, 0.29) is 18.2 Å². The summed E-state index contributed by atoms with van der Waals surface area (Å²) in [4.78, 5) is 40.4. The monoisotopic (exact) mass is 356 g/mol. The molecule has 0 N–H and O–H groups in total. The Kier molecular flexibility index (Phi) is 11.4. The summed E-state index contributed by atoms with van der Waals surface area (Å²) in [6, 6.07) is 0. The predicted molar refractivity (Wildman–Crippen MR) is 91.1 cm³/mol. The van der Waals surface area contributed by atoms with Crippen LogP contribution in [0.15, 0.2) is 11.4 Å². The predicted octanol–water partition coefficient (Wildman–Crippen LogP) is 2.60. The molecule has 0 radical (unpaired) electrons. The smallest absolute Gasteiger partial charge is 0.341 e. The van der Waals surface area contributed by atoms with Crippen molar-refractivity contribution in [3.05, 3.63) is 17.5 Å². The molecule has 7 nitrogen and oxygen atoms in total. The van der Waals surface area contributed by atoms with E-state index in [4.69, 9.17) is 4.74 Å². The Bertz CT molecular complexity index is 563. The number of hydrogen-bond donors (Lipinski definition) is 0. The molecule has 0 atom stereocenters. The van der Waals surface area contributed by atoms with Crippen molar-refractivity contribution in [2.75, 3.05) is 19.0 Å². The number of rotatable bonds is 7. The van der Waals surface area contributed by atoms with Gasteiger partial charge in [-0.3, -0.25) is 9.59 Å². The van der Waals surface area contributed by atoms with Crippen LogP contribution in [0.1, 0.15) is 50.2 Å². The fourth-order valence-corrected chi connectivity index (χ4v) is 2.06. The summed E-state index contributed by atoms with van der Waals surface area (Å²) >= 11 is 1.55. The van der Waals surface area contributed by atoms with Crippen molar-refractivity contribution < 1.29 is 23.9 Å². The molecule has 0 aromatic carbocycles. The third kappa shape index (κ3) is 9.24.